The van der Waals surface area contributed by atoms with Gasteiger partial charge in [0.05, 0.1) is 17.8 Å². The van der Waals surface area contributed by atoms with Gasteiger partial charge in [-0.2, -0.15) is 4.68 Å². The van der Waals surface area contributed by atoms with Crippen molar-refractivity contribution >= 4 is 21.7 Å². The Kier molecular flexibility index (Phi) is 3.48. The quantitative estimate of drug-likeness (QED) is 0.640. The van der Waals surface area contributed by atoms with Crippen LogP contribution >= 0.6 is 15.9 Å². The molecule has 0 bridgehead atoms. The van der Waals surface area contributed by atoms with Crippen LogP contribution in [-0.2, 0) is 13.0 Å². The van der Waals surface area contributed by atoms with Crippen molar-refractivity contribution in [1.82, 2.24) is 14.8 Å². The van der Waals surface area contributed by atoms with Crippen molar-refractivity contribution in [3.63, 3.8) is 0 Å². The van der Waals surface area contributed by atoms with E-state index in [4.69, 9.17) is 0 Å². The van der Waals surface area contributed by atoms with E-state index in [1.807, 2.05) is 12.1 Å². The molecule has 0 fully saturated rings. The van der Waals surface area contributed by atoms with Crippen molar-refractivity contribution in [2.24, 2.45) is 0 Å². The van der Waals surface area contributed by atoms with Crippen molar-refractivity contribution in [3.05, 3.63) is 50.9 Å². The van der Waals surface area contributed by atoms with Crippen LogP contribution in [0, 0.1) is 10.1 Å². The van der Waals surface area contributed by atoms with Gasteiger partial charge < -0.3 is 10.1 Å². The molecular weight excluding hydrogens is 288 g/mol. The predicted molar refractivity (Wildman–Crippen MR) is 64.5 cm³/mol. The number of aromatic nitrogens is 3. The van der Waals surface area contributed by atoms with Gasteiger partial charge in [-0.1, -0.05) is 6.07 Å². The first-order chi connectivity index (χ1) is 8.16. The normalized spacial score (nSPS) is 10.4. The Morgan fingerprint density at radius 2 is 2.35 bits per heavy atom. The van der Waals surface area contributed by atoms with E-state index in [2.05, 4.69) is 26.0 Å². The zero-order valence-electron chi connectivity index (χ0n) is 8.78. The van der Waals surface area contributed by atoms with E-state index in [9.17, 15) is 10.1 Å². The van der Waals surface area contributed by atoms with Crippen molar-refractivity contribution in [1.29, 1.82) is 0 Å². The van der Waals surface area contributed by atoms with E-state index in [1.54, 1.807) is 23.3 Å². The van der Waals surface area contributed by atoms with Gasteiger partial charge in [-0.25, -0.2) is 0 Å². The number of pyridine rings is 1. The van der Waals surface area contributed by atoms with Gasteiger partial charge in [-0.05, 0) is 38.9 Å². The van der Waals surface area contributed by atoms with Crippen molar-refractivity contribution in [3.8, 4) is 0 Å². The van der Waals surface area contributed by atoms with Gasteiger partial charge in [0.2, 0.25) is 0 Å². The fourth-order valence-corrected chi connectivity index (χ4v) is 1.88. The molecule has 0 saturated heterocycles. The molecule has 7 heteroatoms. The maximum atomic E-state index is 10.6. The summed E-state index contributed by atoms with van der Waals surface area (Å²) in [4.78, 5) is 14.1. The van der Waals surface area contributed by atoms with Gasteiger partial charge >= 0.3 is 5.82 Å². The highest BCUT2D eigenvalue weighted by molar-refractivity contribution is 9.10. The highest BCUT2D eigenvalue weighted by atomic mass is 79.9. The summed E-state index contributed by atoms with van der Waals surface area (Å²) in [5.41, 5.74) is 1.07. The Labute approximate surface area is 106 Å². The molecular formula is C10H9BrN4O2. The third kappa shape index (κ3) is 2.88. The monoisotopic (exact) mass is 296 g/mol. The molecule has 88 valence electrons. The Balaban J connectivity index is 2.05. The van der Waals surface area contributed by atoms with Gasteiger partial charge in [0.15, 0.2) is 0 Å². The second kappa shape index (κ2) is 5.05. The standard InChI is InChI=1S/C10H9BrN4O2/c11-9-7-14(13-10(9)15(16)17)5-3-8-2-1-4-12-6-8/h1-2,4,6-7H,3,5H2. The SMILES string of the molecule is O=[N+]([O-])c1nn(CCc2cccnc2)cc1Br. The molecule has 0 atom stereocenters. The van der Waals surface area contributed by atoms with Gasteiger partial charge in [0.25, 0.3) is 0 Å². The highest BCUT2D eigenvalue weighted by Crippen LogP contribution is 2.22. The molecule has 0 aliphatic heterocycles. The number of hydrogen-bond acceptors (Lipinski definition) is 4. The molecule has 2 rings (SSSR count). The van der Waals surface area contributed by atoms with Crippen LogP contribution in [0.3, 0.4) is 0 Å². The summed E-state index contributed by atoms with van der Waals surface area (Å²) in [5.74, 6) is -0.156. The van der Waals surface area contributed by atoms with E-state index in [0.29, 0.717) is 11.0 Å². The molecule has 2 heterocycles. The highest BCUT2D eigenvalue weighted by Gasteiger charge is 2.18. The molecule has 0 aliphatic rings. The Bertz CT molecular complexity index is 526. The molecule has 0 N–H and O–H groups in total. The van der Waals surface area contributed by atoms with E-state index in [0.717, 1.165) is 12.0 Å². The first kappa shape index (κ1) is 11.7. The van der Waals surface area contributed by atoms with Crippen LogP contribution in [0.1, 0.15) is 5.56 Å². The van der Waals surface area contributed by atoms with Crippen molar-refractivity contribution < 1.29 is 4.92 Å². The minimum Gasteiger partial charge on any atom is -0.358 e. The Morgan fingerprint density at radius 3 is 2.94 bits per heavy atom. The maximum Gasteiger partial charge on any atom is 0.404 e. The average molecular weight is 297 g/mol. The summed E-state index contributed by atoms with van der Waals surface area (Å²) in [5, 5.41) is 14.5. The lowest BCUT2D eigenvalue weighted by Crippen LogP contribution is -2.02. The van der Waals surface area contributed by atoms with Crippen LogP contribution in [-0.4, -0.2) is 19.7 Å². The predicted octanol–water partition coefficient (Wildman–Crippen LogP) is 2.19. The van der Waals surface area contributed by atoms with Crippen LogP contribution < -0.4 is 0 Å². The zero-order valence-corrected chi connectivity index (χ0v) is 10.4. The number of hydrogen-bond donors (Lipinski definition) is 0. The number of aryl methyl sites for hydroxylation is 2. The Hall–Kier alpha value is -1.76. The summed E-state index contributed by atoms with van der Waals surface area (Å²) in [6.07, 6.45) is 5.82. The van der Waals surface area contributed by atoms with Crippen LogP contribution in [0.2, 0.25) is 0 Å². The molecule has 6 nitrogen and oxygen atoms in total. The van der Waals surface area contributed by atoms with Gasteiger partial charge in [-0.3, -0.25) is 4.98 Å². The third-order valence-corrected chi connectivity index (χ3v) is 2.78. The molecule has 17 heavy (non-hydrogen) atoms. The smallest absolute Gasteiger partial charge is 0.358 e. The largest absolute Gasteiger partial charge is 0.404 e. The average Bonchev–Trinajstić information content (AvgIpc) is 2.69. The van der Waals surface area contributed by atoms with Gasteiger partial charge in [0, 0.05) is 12.4 Å². The number of halogens is 1. The zero-order chi connectivity index (χ0) is 12.3. The topological polar surface area (TPSA) is 73.8 Å². The summed E-state index contributed by atoms with van der Waals surface area (Å²) < 4.78 is 1.95. The molecule has 0 spiro atoms. The van der Waals surface area contributed by atoms with E-state index >= 15 is 0 Å². The van der Waals surface area contributed by atoms with Crippen molar-refractivity contribution in [2.45, 2.75) is 13.0 Å². The summed E-state index contributed by atoms with van der Waals surface area (Å²) in [6.45, 7) is 0.581. The first-order valence-corrected chi connectivity index (χ1v) is 5.72. The minimum absolute atomic E-state index is 0.156. The molecule has 0 amide bonds. The van der Waals surface area contributed by atoms with E-state index < -0.39 is 4.92 Å². The lowest BCUT2D eigenvalue weighted by molar-refractivity contribution is -0.390. The summed E-state index contributed by atoms with van der Waals surface area (Å²) in [7, 11) is 0. The first-order valence-electron chi connectivity index (χ1n) is 4.93. The number of rotatable bonds is 4. The summed E-state index contributed by atoms with van der Waals surface area (Å²) in [6, 6.07) is 3.82. The van der Waals surface area contributed by atoms with Crippen LogP contribution in [0.5, 0.6) is 0 Å². The maximum absolute atomic E-state index is 10.6. The Morgan fingerprint density at radius 1 is 1.53 bits per heavy atom. The molecule has 0 unspecified atom stereocenters. The number of nitro groups is 1. The van der Waals surface area contributed by atoms with E-state index in [-0.39, 0.29) is 5.82 Å². The lowest BCUT2D eigenvalue weighted by Gasteiger charge is -1.97. The molecule has 2 aromatic heterocycles. The molecule has 0 aromatic carbocycles. The lowest BCUT2D eigenvalue weighted by atomic mass is 10.2. The fourth-order valence-electron chi connectivity index (χ4n) is 1.41. The van der Waals surface area contributed by atoms with E-state index in [1.165, 1.54) is 0 Å². The van der Waals surface area contributed by atoms with Gasteiger partial charge in [0.1, 0.15) is 4.47 Å². The number of nitrogens with zero attached hydrogens (tertiary/aromatic N) is 4. The summed E-state index contributed by atoms with van der Waals surface area (Å²) >= 11 is 3.11. The van der Waals surface area contributed by atoms with Gasteiger partial charge in [-0.15, -0.1) is 0 Å². The second-order valence-corrected chi connectivity index (χ2v) is 4.29. The van der Waals surface area contributed by atoms with Crippen LogP contribution in [0.4, 0.5) is 5.82 Å². The second-order valence-electron chi connectivity index (χ2n) is 3.43. The van der Waals surface area contributed by atoms with Crippen LogP contribution in [0.15, 0.2) is 35.2 Å². The van der Waals surface area contributed by atoms with Crippen molar-refractivity contribution in [2.75, 3.05) is 0 Å². The molecule has 0 radical (unpaired) electrons. The molecule has 0 aliphatic carbocycles. The minimum atomic E-state index is -0.509. The molecule has 2 aromatic rings. The third-order valence-electron chi connectivity index (χ3n) is 2.22. The van der Waals surface area contributed by atoms with Crippen LogP contribution in [0.25, 0.3) is 0 Å². The molecule has 0 saturated carbocycles. The fraction of sp³-hybridized carbons (Fsp3) is 0.200.